The van der Waals surface area contributed by atoms with Gasteiger partial charge in [0.05, 0.1) is 5.92 Å². The van der Waals surface area contributed by atoms with Crippen molar-refractivity contribution < 1.29 is 9.90 Å². The van der Waals surface area contributed by atoms with Crippen molar-refractivity contribution in [2.45, 2.75) is 24.8 Å². The molecule has 6 heteroatoms. The molecule has 4 nitrogen and oxygen atoms in total. The number of benzene rings is 1. The molecule has 1 fully saturated rings. The van der Waals surface area contributed by atoms with E-state index >= 15 is 0 Å². The predicted octanol–water partition coefficient (Wildman–Crippen LogP) is 3.06. The predicted molar refractivity (Wildman–Crippen MR) is 91.4 cm³/mol. The number of nitrogens with zero attached hydrogens (tertiary/aromatic N) is 1. The van der Waals surface area contributed by atoms with Crippen LogP contribution >= 0.6 is 24.8 Å². The molecule has 0 amide bonds. The monoisotopic (exact) mass is 342 g/mol. The van der Waals surface area contributed by atoms with Gasteiger partial charge >= 0.3 is 5.97 Å². The lowest BCUT2D eigenvalue weighted by Gasteiger charge is -2.44. The summed E-state index contributed by atoms with van der Waals surface area (Å²) in [4.78, 5) is 17.0. The minimum absolute atomic E-state index is 0. The molecular formula is C16H20Cl2N2O2. The molecule has 1 aliphatic heterocycles. The summed E-state index contributed by atoms with van der Waals surface area (Å²) in [5.74, 6) is -0.582. The number of aliphatic carboxylic acids is 1. The average molecular weight is 343 g/mol. The second-order valence-electron chi connectivity index (χ2n) is 6.17. The first-order valence-electron chi connectivity index (χ1n) is 7.17. The zero-order valence-corrected chi connectivity index (χ0v) is 13.9. The van der Waals surface area contributed by atoms with E-state index in [-0.39, 0.29) is 30.7 Å². The fourth-order valence-corrected chi connectivity index (χ4v) is 4.12. The summed E-state index contributed by atoms with van der Waals surface area (Å²) in [6.45, 7) is 0.659. The quantitative estimate of drug-likeness (QED) is 0.837. The second kappa shape index (κ2) is 6.11. The first-order chi connectivity index (χ1) is 9.65. The number of hydrogen-bond acceptors (Lipinski definition) is 2. The van der Waals surface area contributed by atoms with Crippen LogP contribution in [0.4, 0.5) is 0 Å². The maximum absolute atomic E-state index is 11.4. The molecule has 2 aromatic rings. The van der Waals surface area contributed by atoms with Gasteiger partial charge in [-0.2, -0.15) is 0 Å². The molecule has 0 spiro atoms. The van der Waals surface area contributed by atoms with E-state index in [0.29, 0.717) is 18.5 Å². The number of aromatic nitrogens is 1. The van der Waals surface area contributed by atoms with Crippen molar-refractivity contribution >= 4 is 41.7 Å². The third kappa shape index (κ3) is 2.39. The highest BCUT2D eigenvalue weighted by Gasteiger charge is 2.41. The Kier molecular flexibility index (Phi) is 4.76. The van der Waals surface area contributed by atoms with Crippen LogP contribution in [-0.4, -0.2) is 40.6 Å². The summed E-state index contributed by atoms with van der Waals surface area (Å²) in [5.41, 5.74) is 3.88. The number of nitrogens with one attached hydrogen (secondary N) is 1. The number of likely N-dealkylation sites (N-methyl/N-ethyl adjacent to an activating group) is 1. The molecule has 120 valence electrons. The van der Waals surface area contributed by atoms with Crippen LogP contribution in [0.25, 0.3) is 10.9 Å². The topological polar surface area (TPSA) is 56.3 Å². The highest BCUT2D eigenvalue weighted by atomic mass is 35.5. The number of H-pyrrole nitrogens is 1. The number of carbonyl (C=O) groups is 1. The normalized spacial score (nSPS) is 26.7. The van der Waals surface area contributed by atoms with E-state index in [1.807, 2.05) is 0 Å². The third-order valence-corrected chi connectivity index (χ3v) is 5.07. The van der Waals surface area contributed by atoms with E-state index in [0.717, 1.165) is 12.8 Å². The van der Waals surface area contributed by atoms with Crippen LogP contribution in [0.5, 0.6) is 0 Å². The maximum Gasteiger partial charge on any atom is 0.307 e. The SMILES string of the molecule is CN1C[C@H](C(=O)O)C[C@@H]2c3cccc4[nH]cc(c34)C[C@H]21.Cl.Cl. The summed E-state index contributed by atoms with van der Waals surface area (Å²) < 4.78 is 0. The van der Waals surface area contributed by atoms with Crippen LogP contribution in [0.3, 0.4) is 0 Å². The van der Waals surface area contributed by atoms with Crippen LogP contribution in [0.1, 0.15) is 23.5 Å². The molecule has 2 aliphatic rings. The molecule has 1 saturated heterocycles. The van der Waals surface area contributed by atoms with Crippen molar-refractivity contribution in [3.8, 4) is 0 Å². The molecule has 3 atom stereocenters. The summed E-state index contributed by atoms with van der Waals surface area (Å²) >= 11 is 0. The largest absolute Gasteiger partial charge is 0.481 e. The van der Waals surface area contributed by atoms with Gasteiger partial charge in [0.2, 0.25) is 0 Å². The van der Waals surface area contributed by atoms with E-state index in [1.54, 1.807) is 0 Å². The fourth-order valence-electron chi connectivity index (χ4n) is 4.12. The number of likely N-dealkylation sites (tertiary alicyclic amines) is 1. The van der Waals surface area contributed by atoms with Crippen LogP contribution in [0, 0.1) is 5.92 Å². The number of aromatic amines is 1. The molecule has 0 radical (unpaired) electrons. The van der Waals surface area contributed by atoms with Gasteiger partial charge in [-0.3, -0.25) is 4.79 Å². The first kappa shape index (κ1) is 17.1. The van der Waals surface area contributed by atoms with Crippen molar-refractivity contribution in [1.82, 2.24) is 9.88 Å². The Bertz CT molecular complexity index is 701. The van der Waals surface area contributed by atoms with Gasteiger partial charge in [0.25, 0.3) is 0 Å². The minimum Gasteiger partial charge on any atom is -0.481 e. The van der Waals surface area contributed by atoms with Gasteiger partial charge in [0, 0.05) is 35.6 Å². The van der Waals surface area contributed by atoms with Gasteiger partial charge in [0.1, 0.15) is 0 Å². The Balaban J connectivity index is 0.000000882. The molecule has 1 aliphatic carbocycles. The van der Waals surface area contributed by atoms with Gasteiger partial charge in [-0.25, -0.2) is 0 Å². The molecule has 0 saturated carbocycles. The molecule has 2 heterocycles. The summed E-state index contributed by atoms with van der Waals surface area (Å²) in [5, 5.41) is 10.7. The summed E-state index contributed by atoms with van der Waals surface area (Å²) in [6.07, 6.45) is 3.89. The first-order valence-corrected chi connectivity index (χ1v) is 7.17. The molecular weight excluding hydrogens is 323 g/mol. The number of carboxylic acids is 1. The Morgan fingerprint density at radius 3 is 2.86 bits per heavy atom. The van der Waals surface area contributed by atoms with Crippen LogP contribution in [-0.2, 0) is 11.2 Å². The van der Waals surface area contributed by atoms with Gasteiger partial charge in [-0.15, -0.1) is 24.8 Å². The molecule has 0 bridgehead atoms. The van der Waals surface area contributed by atoms with Crippen molar-refractivity contribution in [2.75, 3.05) is 13.6 Å². The van der Waals surface area contributed by atoms with Crippen LogP contribution in [0.15, 0.2) is 24.4 Å². The molecule has 4 rings (SSSR count). The van der Waals surface area contributed by atoms with Crippen LogP contribution < -0.4 is 0 Å². The van der Waals surface area contributed by atoms with Gasteiger partial charge in [-0.1, -0.05) is 12.1 Å². The minimum atomic E-state index is -0.664. The van der Waals surface area contributed by atoms with Crippen molar-refractivity contribution in [2.24, 2.45) is 5.92 Å². The van der Waals surface area contributed by atoms with Crippen molar-refractivity contribution in [1.29, 1.82) is 0 Å². The third-order valence-electron chi connectivity index (χ3n) is 5.07. The number of halogens is 2. The summed E-state index contributed by atoms with van der Waals surface area (Å²) in [7, 11) is 2.06. The van der Waals surface area contributed by atoms with E-state index in [4.69, 9.17) is 0 Å². The van der Waals surface area contributed by atoms with Crippen molar-refractivity contribution in [3.05, 3.63) is 35.5 Å². The zero-order chi connectivity index (χ0) is 13.9. The Labute approximate surface area is 141 Å². The number of rotatable bonds is 1. The van der Waals surface area contributed by atoms with E-state index in [9.17, 15) is 9.90 Å². The molecule has 1 aromatic carbocycles. The Morgan fingerprint density at radius 2 is 2.14 bits per heavy atom. The average Bonchev–Trinajstić information content (AvgIpc) is 2.84. The summed E-state index contributed by atoms with van der Waals surface area (Å²) in [6, 6.07) is 6.78. The highest BCUT2D eigenvalue weighted by Crippen LogP contribution is 2.44. The van der Waals surface area contributed by atoms with E-state index < -0.39 is 5.97 Å². The van der Waals surface area contributed by atoms with E-state index in [1.165, 1.54) is 22.0 Å². The number of carboxylic acid groups (broad SMARTS) is 1. The molecule has 1 aromatic heterocycles. The molecule has 22 heavy (non-hydrogen) atoms. The maximum atomic E-state index is 11.4. The Morgan fingerprint density at radius 1 is 1.36 bits per heavy atom. The lowest BCUT2D eigenvalue weighted by atomic mass is 9.72. The second-order valence-corrected chi connectivity index (χ2v) is 6.17. The molecule has 0 unspecified atom stereocenters. The van der Waals surface area contributed by atoms with Gasteiger partial charge < -0.3 is 15.0 Å². The lowest BCUT2D eigenvalue weighted by Crippen LogP contribution is -2.49. The van der Waals surface area contributed by atoms with E-state index in [2.05, 4.69) is 41.3 Å². The fraction of sp³-hybridized carbons (Fsp3) is 0.438. The number of fused-ring (bicyclic) bond motifs is 2. The van der Waals surface area contributed by atoms with Gasteiger partial charge in [0.15, 0.2) is 0 Å². The number of hydrogen-bond donors (Lipinski definition) is 2. The zero-order valence-electron chi connectivity index (χ0n) is 12.3. The Hall–Kier alpha value is -1.23. The number of piperidine rings is 1. The standard InChI is InChI=1S/C16H18N2O2.2ClH/c1-18-8-10(16(19)20)5-12-11-3-2-4-13-15(11)9(7-17-13)6-14(12)18;;/h2-4,7,10,12,14,17H,5-6,8H2,1H3,(H,19,20);2*1H/t10-,12-,14-;;/m1../s1. The van der Waals surface area contributed by atoms with Crippen molar-refractivity contribution in [3.63, 3.8) is 0 Å². The lowest BCUT2D eigenvalue weighted by molar-refractivity contribution is -0.144. The van der Waals surface area contributed by atoms with Gasteiger partial charge in [-0.05, 0) is 37.1 Å². The molecule has 2 N–H and O–H groups in total. The van der Waals surface area contributed by atoms with Crippen LogP contribution in [0.2, 0.25) is 0 Å². The highest BCUT2D eigenvalue weighted by molar-refractivity contribution is 5.88. The smallest absolute Gasteiger partial charge is 0.307 e.